The van der Waals surface area contributed by atoms with Crippen molar-refractivity contribution in [1.82, 2.24) is 0 Å². The summed E-state index contributed by atoms with van der Waals surface area (Å²) < 4.78 is 0. The van der Waals surface area contributed by atoms with Crippen LogP contribution in [0.4, 0.5) is 0 Å². The summed E-state index contributed by atoms with van der Waals surface area (Å²) in [5.74, 6) is 0. The Kier molecular flexibility index (Phi) is 6.13. The normalized spacial score (nSPS) is 11.9. The van der Waals surface area contributed by atoms with Crippen LogP contribution in [0.3, 0.4) is 0 Å². The molecular weight excluding hydrogens is 268 g/mol. The third-order valence-electron chi connectivity index (χ3n) is 1.96. The lowest BCUT2D eigenvalue weighted by molar-refractivity contribution is -0.724. The first-order chi connectivity index (χ1) is 9.42. The molecule has 0 aromatic rings. The Labute approximate surface area is 112 Å². The molecular formula is C10H4N6O4. The van der Waals surface area contributed by atoms with E-state index in [9.17, 15) is 20.2 Å². The van der Waals surface area contributed by atoms with Crippen molar-refractivity contribution in [2.45, 2.75) is 12.6 Å². The van der Waals surface area contributed by atoms with Crippen molar-refractivity contribution in [3.8, 4) is 24.3 Å². The minimum atomic E-state index is -2.33. The van der Waals surface area contributed by atoms with Gasteiger partial charge < -0.3 is 0 Å². The number of nitriles is 4. The van der Waals surface area contributed by atoms with Crippen molar-refractivity contribution in [3.05, 3.63) is 43.0 Å². The molecule has 10 nitrogen and oxygen atoms in total. The van der Waals surface area contributed by atoms with Crippen molar-refractivity contribution in [1.29, 1.82) is 21.0 Å². The van der Waals surface area contributed by atoms with Gasteiger partial charge >= 0.3 is 6.17 Å². The van der Waals surface area contributed by atoms with Gasteiger partial charge in [0.1, 0.15) is 22.0 Å². The van der Waals surface area contributed by atoms with Crippen LogP contribution in [0.15, 0.2) is 22.8 Å². The average molecular weight is 272 g/mol. The standard InChI is InChI=1S/C8H3N3.C2HN3O4/c9-3-6-1-2-7(4-10)8(6)5-11;3-1-2(4(6)7)5(8)9/h1H,2H2;2H. The summed E-state index contributed by atoms with van der Waals surface area (Å²) >= 11 is 0. The number of hydrogen-bond acceptors (Lipinski definition) is 8. The van der Waals surface area contributed by atoms with E-state index in [1.807, 2.05) is 18.2 Å². The Morgan fingerprint density at radius 3 is 1.85 bits per heavy atom. The second kappa shape index (κ2) is 7.54. The van der Waals surface area contributed by atoms with Gasteiger partial charge in [0.2, 0.25) is 6.07 Å². The van der Waals surface area contributed by atoms with Gasteiger partial charge in [-0.3, -0.25) is 20.2 Å². The highest BCUT2D eigenvalue weighted by Gasteiger charge is 2.30. The highest BCUT2D eigenvalue weighted by molar-refractivity contribution is 5.60. The van der Waals surface area contributed by atoms with Crippen LogP contribution in [-0.2, 0) is 0 Å². The maximum atomic E-state index is 9.51. The predicted molar refractivity (Wildman–Crippen MR) is 60.0 cm³/mol. The zero-order chi connectivity index (χ0) is 15.7. The van der Waals surface area contributed by atoms with Gasteiger partial charge in [0.05, 0.1) is 22.8 Å². The predicted octanol–water partition coefficient (Wildman–Crippen LogP) is 0.573. The molecule has 0 atom stereocenters. The molecule has 0 aromatic heterocycles. The molecule has 0 saturated carbocycles. The third-order valence-corrected chi connectivity index (χ3v) is 1.96. The first kappa shape index (κ1) is 16.2. The van der Waals surface area contributed by atoms with E-state index in [1.54, 1.807) is 6.08 Å². The summed E-state index contributed by atoms with van der Waals surface area (Å²) in [4.78, 5) is 16.5. The van der Waals surface area contributed by atoms with Crippen molar-refractivity contribution >= 4 is 0 Å². The monoisotopic (exact) mass is 272 g/mol. The molecule has 1 aliphatic carbocycles. The number of hydrogen-bond donors (Lipinski definition) is 0. The molecule has 10 heteroatoms. The molecule has 0 fully saturated rings. The maximum absolute atomic E-state index is 9.51. The van der Waals surface area contributed by atoms with Crippen LogP contribution in [-0.4, -0.2) is 16.0 Å². The van der Waals surface area contributed by atoms with Crippen LogP contribution >= 0.6 is 0 Å². The lowest BCUT2D eigenvalue weighted by Crippen LogP contribution is -2.26. The SMILES string of the molecule is N#CC([N+](=O)[O-])[N+](=O)[O-].N#CC1=CCC(C#N)=C1C#N. The summed E-state index contributed by atoms with van der Waals surface area (Å²) in [5, 5.41) is 52.2. The molecule has 0 unspecified atom stereocenters. The summed E-state index contributed by atoms with van der Waals surface area (Å²) in [7, 11) is 0. The average Bonchev–Trinajstić information content (AvgIpc) is 2.81. The van der Waals surface area contributed by atoms with E-state index in [0.717, 1.165) is 6.07 Å². The fourth-order valence-corrected chi connectivity index (χ4v) is 1.07. The Balaban J connectivity index is 0.000000370. The second-order valence-electron chi connectivity index (χ2n) is 3.08. The summed E-state index contributed by atoms with van der Waals surface area (Å²) in [5.41, 5.74) is 0.947. The molecule has 1 rings (SSSR count). The zero-order valence-corrected chi connectivity index (χ0v) is 9.68. The van der Waals surface area contributed by atoms with Gasteiger partial charge in [-0.2, -0.15) is 21.0 Å². The minimum Gasteiger partial charge on any atom is -0.258 e. The Hall–Kier alpha value is -3.76. The molecule has 1 aliphatic rings. The zero-order valence-electron chi connectivity index (χ0n) is 9.68. The molecule has 0 aliphatic heterocycles. The fourth-order valence-electron chi connectivity index (χ4n) is 1.07. The van der Waals surface area contributed by atoms with Crippen molar-refractivity contribution in [2.75, 3.05) is 0 Å². The van der Waals surface area contributed by atoms with Gasteiger partial charge in [-0.25, -0.2) is 0 Å². The van der Waals surface area contributed by atoms with Crippen molar-refractivity contribution in [2.24, 2.45) is 0 Å². The van der Waals surface area contributed by atoms with E-state index >= 15 is 0 Å². The van der Waals surface area contributed by atoms with Gasteiger partial charge in [-0.05, 0) is 0 Å². The smallest absolute Gasteiger partial charge is 0.258 e. The van der Waals surface area contributed by atoms with E-state index in [2.05, 4.69) is 0 Å². The van der Waals surface area contributed by atoms with E-state index in [4.69, 9.17) is 21.0 Å². The van der Waals surface area contributed by atoms with Crippen LogP contribution in [0.2, 0.25) is 0 Å². The molecule has 0 saturated heterocycles. The number of nitrogens with zero attached hydrogens (tertiary/aromatic N) is 6. The lowest BCUT2D eigenvalue weighted by Gasteiger charge is -1.87. The van der Waals surface area contributed by atoms with E-state index in [1.165, 1.54) is 0 Å². The molecule has 0 N–H and O–H groups in total. The maximum Gasteiger partial charge on any atom is 0.535 e. The molecule has 20 heavy (non-hydrogen) atoms. The molecule has 98 valence electrons. The van der Waals surface area contributed by atoms with Crippen molar-refractivity contribution in [3.63, 3.8) is 0 Å². The summed E-state index contributed by atoms with van der Waals surface area (Å²) in [6.45, 7) is 0. The molecule has 0 spiro atoms. The fraction of sp³-hybridized carbons (Fsp3) is 0.200. The number of nitro groups is 2. The highest BCUT2D eigenvalue weighted by Crippen LogP contribution is 2.24. The summed E-state index contributed by atoms with van der Waals surface area (Å²) in [6, 6.07) is 6.48. The van der Waals surface area contributed by atoms with E-state index in [0.29, 0.717) is 17.6 Å². The Bertz CT molecular complexity index is 650. The molecule has 0 heterocycles. The van der Waals surface area contributed by atoms with Gasteiger partial charge in [-0.15, -0.1) is 0 Å². The van der Waals surface area contributed by atoms with E-state index in [-0.39, 0.29) is 5.57 Å². The van der Waals surface area contributed by atoms with Gasteiger partial charge in [0, 0.05) is 6.42 Å². The second-order valence-corrected chi connectivity index (χ2v) is 3.08. The van der Waals surface area contributed by atoms with Crippen LogP contribution in [0.1, 0.15) is 6.42 Å². The highest BCUT2D eigenvalue weighted by atomic mass is 16.7. The van der Waals surface area contributed by atoms with Crippen molar-refractivity contribution < 1.29 is 9.85 Å². The molecule has 0 amide bonds. The van der Waals surface area contributed by atoms with Gasteiger partial charge in [0.15, 0.2) is 0 Å². The molecule has 0 radical (unpaired) electrons. The van der Waals surface area contributed by atoms with Crippen LogP contribution < -0.4 is 0 Å². The van der Waals surface area contributed by atoms with Crippen LogP contribution in [0, 0.1) is 65.6 Å². The Morgan fingerprint density at radius 2 is 1.60 bits per heavy atom. The van der Waals surface area contributed by atoms with Crippen LogP contribution in [0.5, 0.6) is 0 Å². The summed E-state index contributed by atoms with van der Waals surface area (Å²) in [6.07, 6.45) is -0.315. The number of allylic oxidation sites excluding steroid dienone is 4. The van der Waals surface area contributed by atoms with Crippen LogP contribution in [0.25, 0.3) is 0 Å². The first-order valence-corrected chi connectivity index (χ1v) is 4.73. The van der Waals surface area contributed by atoms with E-state index < -0.39 is 16.0 Å². The molecule has 0 bridgehead atoms. The first-order valence-electron chi connectivity index (χ1n) is 4.73. The lowest BCUT2D eigenvalue weighted by atomic mass is 10.1. The topological polar surface area (TPSA) is 181 Å². The van der Waals surface area contributed by atoms with Gasteiger partial charge in [0.25, 0.3) is 0 Å². The largest absolute Gasteiger partial charge is 0.535 e. The van der Waals surface area contributed by atoms with Gasteiger partial charge in [-0.1, -0.05) is 6.08 Å². The quantitative estimate of drug-likeness (QED) is 0.396. The third kappa shape index (κ3) is 3.92. The Morgan fingerprint density at radius 1 is 1.05 bits per heavy atom. The minimum absolute atomic E-state index is 0.231. The molecule has 0 aromatic carbocycles. The number of rotatable bonds is 2.